The number of anilines is 1. The molecule has 0 fully saturated rings. The molecule has 0 bridgehead atoms. The van der Waals surface area contributed by atoms with Gasteiger partial charge in [0.25, 0.3) is 0 Å². The van der Waals surface area contributed by atoms with Gasteiger partial charge in [-0.2, -0.15) is 9.61 Å². The second-order valence-corrected chi connectivity index (χ2v) is 22.6. The fourth-order valence-corrected chi connectivity index (χ4v) is 4.95. The van der Waals surface area contributed by atoms with Crippen LogP contribution in [0.3, 0.4) is 0 Å². The second-order valence-electron chi connectivity index (χ2n) is 11.4. The Hall–Kier alpha value is -2.54. The van der Waals surface area contributed by atoms with Gasteiger partial charge in [0, 0.05) is 47.1 Å². The highest BCUT2D eigenvalue weighted by Gasteiger charge is 2.18. The molecule has 0 aliphatic carbocycles. The van der Waals surface area contributed by atoms with Gasteiger partial charge in [0.1, 0.15) is 19.3 Å². The quantitative estimate of drug-likeness (QED) is 0.123. The van der Waals surface area contributed by atoms with Crippen LogP contribution in [0, 0.1) is 0 Å². The Bertz CT molecular complexity index is 1120. The number of carbonyl (C=O) groups is 1. The highest BCUT2D eigenvalue weighted by atomic mass is 28.3. The van der Waals surface area contributed by atoms with Crippen molar-refractivity contribution in [2.75, 3.05) is 38.7 Å². The Morgan fingerprint density at radius 1 is 0.917 bits per heavy atom. The van der Waals surface area contributed by atoms with Crippen LogP contribution in [0.25, 0.3) is 16.9 Å². The van der Waals surface area contributed by atoms with E-state index in [9.17, 15) is 4.79 Å². The van der Waals surface area contributed by atoms with Crippen molar-refractivity contribution in [3.05, 3.63) is 48.2 Å². The van der Waals surface area contributed by atoms with E-state index in [2.05, 4.69) is 49.3 Å². The smallest absolute Gasteiger partial charge is 0.337 e. The van der Waals surface area contributed by atoms with Crippen LogP contribution in [-0.2, 0) is 14.2 Å². The van der Waals surface area contributed by atoms with Crippen LogP contribution in [0.1, 0.15) is 10.4 Å². The molecule has 0 saturated heterocycles. The van der Waals surface area contributed by atoms with Gasteiger partial charge < -0.3 is 19.1 Å². The molecule has 3 rings (SSSR count). The van der Waals surface area contributed by atoms with Crippen LogP contribution < -0.4 is 4.90 Å². The highest BCUT2D eigenvalue weighted by Crippen LogP contribution is 2.25. The Kier molecular flexibility index (Phi) is 9.45. The summed E-state index contributed by atoms with van der Waals surface area (Å²) >= 11 is 0. The molecule has 0 radical (unpaired) electrons. The van der Waals surface area contributed by atoms with Crippen molar-refractivity contribution in [3.63, 3.8) is 0 Å². The van der Waals surface area contributed by atoms with Crippen LogP contribution in [0.4, 0.5) is 5.82 Å². The monoisotopic (exact) mass is 528 g/mol. The lowest BCUT2D eigenvalue weighted by atomic mass is 10.1. The molecular weight excluding hydrogens is 488 g/mol. The van der Waals surface area contributed by atoms with Gasteiger partial charge in [-0.25, -0.2) is 9.78 Å². The van der Waals surface area contributed by atoms with Crippen LogP contribution >= 0.6 is 0 Å². The molecule has 0 amide bonds. The number of rotatable bonds is 13. The SMILES string of the molecule is COC(=O)c1ccc(-c2cc(N(COCC[Si](C)(C)C)COCC[Si](C)(C)C)n3nccc3n2)cc1. The van der Waals surface area contributed by atoms with Crippen molar-refractivity contribution >= 4 is 33.6 Å². The normalized spacial score (nSPS) is 12.2. The maximum absolute atomic E-state index is 11.8. The summed E-state index contributed by atoms with van der Waals surface area (Å²) in [4.78, 5) is 18.7. The zero-order valence-corrected chi connectivity index (χ0v) is 24.7. The summed E-state index contributed by atoms with van der Waals surface area (Å²) < 4.78 is 18.9. The van der Waals surface area contributed by atoms with Gasteiger partial charge in [-0.3, -0.25) is 0 Å². The molecule has 0 saturated carbocycles. The predicted molar refractivity (Wildman–Crippen MR) is 150 cm³/mol. The van der Waals surface area contributed by atoms with E-state index in [1.54, 1.807) is 18.3 Å². The summed E-state index contributed by atoms with van der Waals surface area (Å²) in [6, 6.07) is 13.3. The largest absolute Gasteiger partial charge is 0.465 e. The molecular formula is C26H40N4O4Si2. The van der Waals surface area contributed by atoms with Gasteiger partial charge in [0.15, 0.2) is 5.65 Å². The molecule has 3 aromatic rings. The van der Waals surface area contributed by atoms with E-state index in [4.69, 9.17) is 19.2 Å². The zero-order chi connectivity index (χ0) is 26.3. The van der Waals surface area contributed by atoms with Gasteiger partial charge in [0.05, 0.1) is 24.6 Å². The topological polar surface area (TPSA) is 78.2 Å². The number of benzene rings is 1. The Morgan fingerprint density at radius 3 is 2.03 bits per heavy atom. The van der Waals surface area contributed by atoms with Gasteiger partial charge in [-0.05, 0) is 24.2 Å². The minimum atomic E-state index is -1.19. The molecule has 2 heterocycles. The molecule has 36 heavy (non-hydrogen) atoms. The number of hydrogen-bond acceptors (Lipinski definition) is 7. The second kappa shape index (κ2) is 12.1. The third-order valence-corrected chi connectivity index (χ3v) is 9.16. The van der Waals surface area contributed by atoms with Crippen LogP contribution in [0.15, 0.2) is 42.6 Å². The van der Waals surface area contributed by atoms with Crippen molar-refractivity contribution in [1.29, 1.82) is 0 Å². The van der Waals surface area contributed by atoms with Gasteiger partial charge >= 0.3 is 5.97 Å². The lowest BCUT2D eigenvalue weighted by Crippen LogP contribution is -2.33. The number of hydrogen-bond donors (Lipinski definition) is 0. The van der Waals surface area contributed by atoms with Crippen molar-refractivity contribution < 1.29 is 19.0 Å². The number of aromatic nitrogens is 3. The number of nitrogens with zero attached hydrogens (tertiary/aromatic N) is 4. The van der Waals surface area contributed by atoms with E-state index in [-0.39, 0.29) is 5.97 Å². The maximum atomic E-state index is 11.8. The van der Waals surface area contributed by atoms with Gasteiger partial charge in [-0.15, -0.1) is 0 Å². The van der Waals surface area contributed by atoms with Crippen LogP contribution in [-0.4, -0.2) is 70.5 Å². The Labute approximate surface area is 216 Å². The molecule has 2 aromatic heterocycles. The third kappa shape index (κ3) is 8.26. The average Bonchev–Trinajstić information content (AvgIpc) is 3.29. The molecule has 0 aliphatic heterocycles. The molecule has 0 unspecified atom stereocenters. The first-order valence-corrected chi connectivity index (χ1v) is 19.8. The van der Waals surface area contributed by atoms with Gasteiger partial charge in [0.2, 0.25) is 0 Å². The Morgan fingerprint density at radius 2 is 1.50 bits per heavy atom. The number of esters is 1. The van der Waals surface area contributed by atoms with E-state index in [1.807, 2.05) is 28.8 Å². The third-order valence-electron chi connectivity index (χ3n) is 5.75. The highest BCUT2D eigenvalue weighted by molar-refractivity contribution is 6.76. The minimum absolute atomic E-state index is 0.362. The number of methoxy groups -OCH3 is 1. The van der Waals surface area contributed by atoms with E-state index in [1.165, 1.54) is 7.11 Å². The molecule has 8 nitrogen and oxygen atoms in total. The number of ether oxygens (including phenoxy) is 3. The standard InChI is InChI=1S/C26H40N4O4Si2/c1-32-26(31)22-10-8-21(9-11-22)23-18-25(30-24(28-23)12-13-27-30)29(19-33-14-16-35(2,3)4)20-34-15-17-36(5,6)7/h8-13,18H,14-17,19-20H2,1-7H3. The van der Waals surface area contributed by atoms with E-state index < -0.39 is 16.1 Å². The molecule has 1 aromatic carbocycles. The molecule has 0 N–H and O–H groups in total. The van der Waals surface area contributed by atoms with Crippen molar-refractivity contribution in [1.82, 2.24) is 14.6 Å². The fourth-order valence-electron chi connectivity index (χ4n) is 3.44. The molecule has 0 atom stereocenters. The summed E-state index contributed by atoms with van der Waals surface area (Å²) in [5.41, 5.74) is 2.91. The fraction of sp³-hybridized carbons (Fsp3) is 0.500. The van der Waals surface area contributed by atoms with Crippen LogP contribution in [0.5, 0.6) is 0 Å². The average molecular weight is 529 g/mol. The first-order chi connectivity index (χ1) is 17.0. The van der Waals surface area contributed by atoms with E-state index in [0.29, 0.717) is 19.0 Å². The number of carbonyl (C=O) groups excluding carboxylic acids is 1. The predicted octanol–water partition coefficient (Wildman–Crippen LogP) is 5.61. The van der Waals surface area contributed by atoms with E-state index >= 15 is 0 Å². The van der Waals surface area contributed by atoms with Crippen molar-refractivity contribution in [2.45, 2.75) is 51.4 Å². The first-order valence-electron chi connectivity index (χ1n) is 12.4. The summed E-state index contributed by atoms with van der Waals surface area (Å²) in [7, 11) is -1.01. The molecule has 0 aliphatic rings. The first kappa shape index (κ1) is 28.0. The maximum Gasteiger partial charge on any atom is 0.337 e. The lowest BCUT2D eigenvalue weighted by Gasteiger charge is -2.26. The molecule has 10 heteroatoms. The summed E-state index contributed by atoms with van der Waals surface area (Å²) in [6.07, 6.45) is 1.74. The van der Waals surface area contributed by atoms with Crippen LogP contribution in [0.2, 0.25) is 51.4 Å². The lowest BCUT2D eigenvalue weighted by molar-refractivity contribution is 0.0600. The summed E-state index contributed by atoms with van der Waals surface area (Å²) in [6.45, 7) is 16.3. The van der Waals surface area contributed by atoms with E-state index in [0.717, 1.165) is 48.0 Å². The minimum Gasteiger partial charge on any atom is -0.465 e. The molecule has 0 spiro atoms. The van der Waals surface area contributed by atoms with Crippen molar-refractivity contribution in [2.24, 2.45) is 0 Å². The summed E-state index contributed by atoms with van der Waals surface area (Å²) in [5.74, 6) is 0.483. The van der Waals surface area contributed by atoms with Gasteiger partial charge in [-0.1, -0.05) is 51.4 Å². The summed E-state index contributed by atoms with van der Waals surface area (Å²) in [5, 5.41) is 4.51. The van der Waals surface area contributed by atoms with Crippen molar-refractivity contribution in [3.8, 4) is 11.3 Å². The molecule has 196 valence electrons. The number of fused-ring (bicyclic) bond motifs is 1. The Balaban J connectivity index is 1.88. The zero-order valence-electron chi connectivity index (χ0n) is 22.7.